The van der Waals surface area contributed by atoms with Crippen LogP contribution in [0.2, 0.25) is 0 Å². The van der Waals surface area contributed by atoms with E-state index >= 15 is 0 Å². The smallest absolute Gasteiger partial charge is 0.142 e. The van der Waals surface area contributed by atoms with Crippen LogP contribution in [-0.4, -0.2) is 12.9 Å². The maximum atomic E-state index is 11.9. The predicted octanol–water partition coefficient (Wildman–Crippen LogP) is 3.62. The van der Waals surface area contributed by atoms with Gasteiger partial charge in [-0.15, -0.1) is 0 Å². The lowest BCUT2D eigenvalue weighted by molar-refractivity contribution is -0.125. The predicted molar refractivity (Wildman–Crippen MR) is 68.9 cm³/mol. The maximum Gasteiger partial charge on any atom is 0.142 e. The summed E-state index contributed by atoms with van der Waals surface area (Å²) in [4.78, 5) is 11.9. The Morgan fingerprint density at radius 2 is 2.00 bits per heavy atom. The zero-order valence-electron chi connectivity index (χ0n) is 10.1. The van der Waals surface area contributed by atoms with Crippen molar-refractivity contribution in [1.29, 1.82) is 0 Å². The number of carbonyl (C=O) groups excluding carboxylic acids is 1. The summed E-state index contributed by atoms with van der Waals surface area (Å²) in [5, 5.41) is 0. The fourth-order valence-corrected chi connectivity index (χ4v) is 1.73. The number of hydrogen-bond acceptors (Lipinski definition) is 2. The van der Waals surface area contributed by atoms with Crippen LogP contribution in [0, 0.1) is 5.41 Å². The summed E-state index contributed by atoms with van der Waals surface area (Å²) < 4.78 is 6.20. The Morgan fingerprint density at radius 3 is 2.50 bits per heavy atom. The number of hydrogen-bond donors (Lipinski definition) is 0. The highest BCUT2D eigenvalue weighted by Crippen LogP contribution is 2.26. The highest BCUT2D eigenvalue weighted by Gasteiger charge is 2.22. The van der Waals surface area contributed by atoms with E-state index in [2.05, 4.69) is 15.9 Å². The number of rotatable bonds is 3. The monoisotopic (exact) mass is 284 g/mol. The lowest BCUT2D eigenvalue weighted by Gasteiger charge is -2.17. The molecular formula is C13H17BrO2. The number of methoxy groups -OCH3 is 1. The summed E-state index contributed by atoms with van der Waals surface area (Å²) in [5.41, 5.74) is 0.615. The number of benzene rings is 1. The molecule has 1 aromatic rings. The zero-order chi connectivity index (χ0) is 12.3. The first kappa shape index (κ1) is 13.2. The standard InChI is InChI=1S/C13H17BrO2/c1-13(2,3)12(15)8-9-7-10(14)5-6-11(9)16-4/h5-7H,8H2,1-4H3. The van der Waals surface area contributed by atoms with E-state index in [1.165, 1.54) is 0 Å². The second-order valence-electron chi connectivity index (χ2n) is 4.81. The minimum Gasteiger partial charge on any atom is -0.496 e. The van der Waals surface area contributed by atoms with E-state index in [1.807, 2.05) is 39.0 Å². The Hall–Kier alpha value is -0.830. The zero-order valence-corrected chi connectivity index (χ0v) is 11.7. The highest BCUT2D eigenvalue weighted by atomic mass is 79.9. The van der Waals surface area contributed by atoms with Gasteiger partial charge in [-0.05, 0) is 18.2 Å². The van der Waals surface area contributed by atoms with Crippen LogP contribution in [0.15, 0.2) is 22.7 Å². The van der Waals surface area contributed by atoms with Crippen molar-refractivity contribution in [3.63, 3.8) is 0 Å². The largest absolute Gasteiger partial charge is 0.496 e. The molecule has 0 amide bonds. The summed E-state index contributed by atoms with van der Waals surface area (Å²) in [7, 11) is 1.62. The molecule has 0 aromatic heterocycles. The Bertz CT molecular complexity index is 391. The van der Waals surface area contributed by atoms with Crippen molar-refractivity contribution < 1.29 is 9.53 Å². The molecule has 0 radical (unpaired) electrons. The molecule has 1 aromatic carbocycles. The molecule has 0 aliphatic rings. The second-order valence-corrected chi connectivity index (χ2v) is 5.72. The van der Waals surface area contributed by atoms with Gasteiger partial charge in [-0.3, -0.25) is 4.79 Å². The molecule has 16 heavy (non-hydrogen) atoms. The van der Waals surface area contributed by atoms with E-state index in [9.17, 15) is 4.79 Å². The number of ether oxygens (including phenoxy) is 1. The van der Waals surface area contributed by atoms with Crippen LogP contribution in [0.1, 0.15) is 26.3 Å². The lowest BCUT2D eigenvalue weighted by atomic mass is 9.87. The van der Waals surface area contributed by atoms with Crippen LogP contribution in [0.25, 0.3) is 0 Å². The van der Waals surface area contributed by atoms with Crippen molar-refractivity contribution in [1.82, 2.24) is 0 Å². The van der Waals surface area contributed by atoms with Gasteiger partial charge in [-0.2, -0.15) is 0 Å². The first-order valence-electron chi connectivity index (χ1n) is 5.20. The number of halogens is 1. The SMILES string of the molecule is COc1ccc(Br)cc1CC(=O)C(C)(C)C. The van der Waals surface area contributed by atoms with Crippen LogP contribution in [0.4, 0.5) is 0 Å². The molecule has 0 unspecified atom stereocenters. The fourth-order valence-electron chi connectivity index (χ4n) is 1.32. The molecule has 0 aliphatic heterocycles. The van der Waals surface area contributed by atoms with E-state index < -0.39 is 0 Å². The summed E-state index contributed by atoms with van der Waals surface area (Å²) in [5.74, 6) is 0.977. The summed E-state index contributed by atoms with van der Waals surface area (Å²) in [6.07, 6.45) is 0.409. The van der Waals surface area contributed by atoms with E-state index in [-0.39, 0.29) is 11.2 Å². The van der Waals surface area contributed by atoms with Gasteiger partial charge in [0.15, 0.2) is 0 Å². The summed E-state index contributed by atoms with van der Waals surface area (Å²) in [6.45, 7) is 5.79. The molecular weight excluding hydrogens is 268 g/mol. The van der Waals surface area contributed by atoms with Crippen LogP contribution >= 0.6 is 15.9 Å². The highest BCUT2D eigenvalue weighted by molar-refractivity contribution is 9.10. The first-order valence-corrected chi connectivity index (χ1v) is 5.99. The van der Waals surface area contributed by atoms with Gasteiger partial charge in [-0.25, -0.2) is 0 Å². The van der Waals surface area contributed by atoms with Gasteiger partial charge >= 0.3 is 0 Å². The van der Waals surface area contributed by atoms with Gasteiger partial charge in [0.25, 0.3) is 0 Å². The Morgan fingerprint density at radius 1 is 1.38 bits per heavy atom. The average molecular weight is 285 g/mol. The quantitative estimate of drug-likeness (QED) is 0.848. The molecule has 0 spiro atoms. The number of carbonyl (C=O) groups is 1. The van der Waals surface area contributed by atoms with E-state index in [1.54, 1.807) is 7.11 Å². The molecule has 0 aliphatic carbocycles. The lowest BCUT2D eigenvalue weighted by Crippen LogP contribution is -2.22. The van der Waals surface area contributed by atoms with Gasteiger partial charge in [0.05, 0.1) is 7.11 Å². The third kappa shape index (κ3) is 3.34. The molecule has 3 heteroatoms. The molecule has 0 atom stereocenters. The van der Waals surface area contributed by atoms with E-state index in [0.29, 0.717) is 6.42 Å². The van der Waals surface area contributed by atoms with E-state index in [0.717, 1.165) is 15.8 Å². The minimum atomic E-state index is -0.312. The summed E-state index contributed by atoms with van der Waals surface area (Å²) >= 11 is 3.40. The van der Waals surface area contributed by atoms with Crippen LogP contribution in [0.3, 0.4) is 0 Å². The van der Waals surface area contributed by atoms with Crippen LogP contribution in [-0.2, 0) is 11.2 Å². The Kier molecular flexibility index (Phi) is 4.14. The maximum absolute atomic E-state index is 11.9. The molecule has 0 heterocycles. The van der Waals surface area contributed by atoms with E-state index in [4.69, 9.17) is 4.74 Å². The number of Topliss-reactive ketones (excluding diaryl/α,β-unsaturated/α-hetero) is 1. The van der Waals surface area contributed by atoms with Gasteiger partial charge in [0.2, 0.25) is 0 Å². The molecule has 0 fully saturated rings. The number of ketones is 1. The van der Waals surface area contributed by atoms with Gasteiger partial charge in [0.1, 0.15) is 11.5 Å². The topological polar surface area (TPSA) is 26.3 Å². The van der Waals surface area contributed by atoms with Crippen molar-refractivity contribution >= 4 is 21.7 Å². The summed E-state index contributed by atoms with van der Waals surface area (Å²) in [6, 6.07) is 5.71. The molecule has 1 rings (SSSR count). The second kappa shape index (κ2) is 5.00. The average Bonchev–Trinajstić information content (AvgIpc) is 2.16. The van der Waals surface area contributed by atoms with Gasteiger partial charge < -0.3 is 4.74 Å². The molecule has 88 valence electrons. The van der Waals surface area contributed by atoms with Crippen molar-refractivity contribution in [2.24, 2.45) is 5.41 Å². The van der Waals surface area contributed by atoms with Crippen molar-refractivity contribution in [3.8, 4) is 5.75 Å². The van der Waals surface area contributed by atoms with Gasteiger partial charge in [0, 0.05) is 21.9 Å². The minimum absolute atomic E-state index is 0.212. The third-order valence-electron chi connectivity index (χ3n) is 2.43. The molecule has 0 saturated heterocycles. The normalized spacial score (nSPS) is 11.3. The van der Waals surface area contributed by atoms with Gasteiger partial charge in [-0.1, -0.05) is 36.7 Å². The van der Waals surface area contributed by atoms with Crippen molar-refractivity contribution in [2.45, 2.75) is 27.2 Å². The fraction of sp³-hybridized carbons (Fsp3) is 0.462. The molecule has 0 N–H and O–H groups in total. The molecule has 0 saturated carbocycles. The Labute approximate surface area is 105 Å². The van der Waals surface area contributed by atoms with Crippen molar-refractivity contribution in [3.05, 3.63) is 28.2 Å². The van der Waals surface area contributed by atoms with Crippen LogP contribution < -0.4 is 4.74 Å². The van der Waals surface area contributed by atoms with Crippen LogP contribution in [0.5, 0.6) is 5.75 Å². The van der Waals surface area contributed by atoms with Crippen molar-refractivity contribution in [2.75, 3.05) is 7.11 Å². The third-order valence-corrected chi connectivity index (χ3v) is 2.92. The molecule has 2 nitrogen and oxygen atoms in total. The first-order chi connectivity index (χ1) is 7.34. The Balaban J connectivity index is 2.96. The molecule has 0 bridgehead atoms.